The van der Waals surface area contributed by atoms with Crippen LogP contribution >= 0.6 is 15.9 Å². The van der Waals surface area contributed by atoms with Crippen LogP contribution in [0.4, 0.5) is 5.69 Å². The van der Waals surface area contributed by atoms with Gasteiger partial charge in [-0.2, -0.15) is 5.26 Å². The summed E-state index contributed by atoms with van der Waals surface area (Å²) in [7, 11) is 0. The summed E-state index contributed by atoms with van der Waals surface area (Å²) in [6, 6.07) is 8.28. The van der Waals surface area contributed by atoms with Crippen LogP contribution in [0.25, 0.3) is 0 Å². The molecule has 1 aliphatic rings. The third kappa shape index (κ3) is 2.38. The quantitative estimate of drug-likeness (QED) is 0.783. The van der Waals surface area contributed by atoms with Gasteiger partial charge in [0.1, 0.15) is 6.07 Å². The van der Waals surface area contributed by atoms with Crippen molar-refractivity contribution in [2.24, 2.45) is 0 Å². The fourth-order valence-corrected chi connectivity index (χ4v) is 2.64. The first-order valence-corrected chi connectivity index (χ1v) is 6.56. The van der Waals surface area contributed by atoms with Gasteiger partial charge in [0.05, 0.1) is 11.3 Å². The number of hydrogen-bond donors (Lipinski definition) is 0. The van der Waals surface area contributed by atoms with Gasteiger partial charge in [-0.15, -0.1) is 0 Å². The molecule has 1 saturated heterocycles. The average molecular weight is 279 g/mol. The summed E-state index contributed by atoms with van der Waals surface area (Å²) in [6.45, 7) is 2.15. The van der Waals surface area contributed by atoms with Crippen LogP contribution in [0.1, 0.15) is 31.2 Å². The van der Waals surface area contributed by atoms with Crippen molar-refractivity contribution in [3.05, 3.63) is 28.2 Å². The first kappa shape index (κ1) is 11.5. The molecule has 0 saturated carbocycles. The van der Waals surface area contributed by atoms with E-state index in [1.54, 1.807) is 0 Å². The number of halogens is 1. The SMILES string of the molecule is N#Cc1c(Br)cccc1N1CCCCCC1. The van der Waals surface area contributed by atoms with E-state index < -0.39 is 0 Å². The van der Waals surface area contributed by atoms with E-state index in [4.69, 9.17) is 0 Å². The number of benzene rings is 1. The minimum Gasteiger partial charge on any atom is -0.370 e. The lowest BCUT2D eigenvalue weighted by molar-refractivity contribution is 0.726. The number of rotatable bonds is 1. The molecular weight excluding hydrogens is 264 g/mol. The van der Waals surface area contributed by atoms with E-state index in [0.29, 0.717) is 0 Å². The molecule has 1 aliphatic heterocycles. The molecule has 2 nitrogen and oxygen atoms in total. The fourth-order valence-electron chi connectivity index (χ4n) is 2.20. The van der Waals surface area contributed by atoms with Crippen LogP contribution in [0.15, 0.2) is 22.7 Å². The van der Waals surface area contributed by atoms with E-state index in [0.717, 1.165) is 28.8 Å². The summed E-state index contributed by atoms with van der Waals surface area (Å²) in [5.74, 6) is 0. The number of hydrogen-bond acceptors (Lipinski definition) is 2. The Morgan fingerprint density at radius 2 is 1.81 bits per heavy atom. The molecule has 0 amide bonds. The second-order valence-electron chi connectivity index (χ2n) is 4.15. The molecule has 0 aliphatic carbocycles. The van der Waals surface area contributed by atoms with Crippen molar-refractivity contribution >= 4 is 21.6 Å². The highest BCUT2D eigenvalue weighted by Gasteiger charge is 2.14. The fraction of sp³-hybridized carbons (Fsp3) is 0.462. The molecule has 0 N–H and O–H groups in total. The molecule has 0 aromatic heterocycles. The van der Waals surface area contributed by atoms with Crippen molar-refractivity contribution in [3.8, 4) is 6.07 Å². The Bertz CT molecular complexity index is 401. The Hall–Kier alpha value is -1.01. The van der Waals surface area contributed by atoms with Gasteiger partial charge in [0.15, 0.2) is 0 Å². The monoisotopic (exact) mass is 278 g/mol. The molecule has 84 valence electrons. The van der Waals surface area contributed by atoms with Crippen LogP contribution in [-0.4, -0.2) is 13.1 Å². The molecule has 16 heavy (non-hydrogen) atoms. The van der Waals surface area contributed by atoms with Gasteiger partial charge in [-0.25, -0.2) is 0 Å². The third-order valence-electron chi connectivity index (χ3n) is 3.05. The summed E-state index contributed by atoms with van der Waals surface area (Å²) in [5.41, 5.74) is 1.85. The minimum atomic E-state index is 0.768. The maximum atomic E-state index is 9.19. The van der Waals surface area contributed by atoms with Crippen molar-refractivity contribution < 1.29 is 0 Å². The predicted molar refractivity (Wildman–Crippen MR) is 69.5 cm³/mol. The van der Waals surface area contributed by atoms with Gasteiger partial charge in [-0.1, -0.05) is 18.9 Å². The number of nitriles is 1. The van der Waals surface area contributed by atoms with Gasteiger partial charge in [0.25, 0.3) is 0 Å². The second-order valence-corrected chi connectivity index (χ2v) is 5.00. The highest BCUT2D eigenvalue weighted by Crippen LogP contribution is 2.28. The zero-order chi connectivity index (χ0) is 11.4. The summed E-state index contributed by atoms with van der Waals surface area (Å²) in [6.07, 6.45) is 5.09. The molecule has 1 fully saturated rings. The van der Waals surface area contributed by atoms with Crippen LogP contribution in [0.2, 0.25) is 0 Å². The summed E-state index contributed by atoms with van der Waals surface area (Å²) >= 11 is 3.44. The van der Waals surface area contributed by atoms with Crippen LogP contribution < -0.4 is 4.90 Å². The summed E-state index contributed by atoms with van der Waals surface area (Å²) in [5, 5.41) is 9.19. The molecule has 0 radical (unpaired) electrons. The first-order chi connectivity index (χ1) is 7.83. The maximum Gasteiger partial charge on any atom is 0.103 e. The molecule has 1 aromatic rings. The van der Waals surface area contributed by atoms with Gasteiger partial charge < -0.3 is 4.90 Å². The van der Waals surface area contributed by atoms with Crippen molar-refractivity contribution in [1.82, 2.24) is 0 Å². The van der Waals surface area contributed by atoms with E-state index in [9.17, 15) is 5.26 Å². The van der Waals surface area contributed by atoms with Crippen molar-refractivity contribution in [2.75, 3.05) is 18.0 Å². The highest BCUT2D eigenvalue weighted by molar-refractivity contribution is 9.10. The van der Waals surface area contributed by atoms with Gasteiger partial charge in [-0.05, 0) is 40.9 Å². The standard InChI is InChI=1S/C13H15BrN2/c14-12-6-5-7-13(11(12)10-15)16-8-3-1-2-4-9-16/h5-7H,1-4,8-9H2. The summed E-state index contributed by atoms with van der Waals surface area (Å²) < 4.78 is 0.900. The Labute approximate surface area is 105 Å². The average Bonchev–Trinajstić information content (AvgIpc) is 2.57. The Morgan fingerprint density at radius 1 is 1.12 bits per heavy atom. The normalized spacial score (nSPS) is 16.6. The molecular formula is C13H15BrN2. The Morgan fingerprint density at radius 3 is 2.44 bits per heavy atom. The molecule has 0 atom stereocenters. The zero-order valence-corrected chi connectivity index (χ0v) is 10.8. The predicted octanol–water partition coefficient (Wildman–Crippen LogP) is 3.70. The van der Waals surface area contributed by atoms with Crippen molar-refractivity contribution in [2.45, 2.75) is 25.7 Å². The van der Waals surface area contributed by atoms with Crippen molar-refractivity contribution in [1.29, 1.82) is 5.26 Å². The van der Waals surface area contributed by atoms with E-state index in [1.165, 1.54) is 25.7 Å². The summed E-state index contributed by atoms with van der Waals surface area (Å²) in [4.78, 5) is 2.34. The van der Waals surface area contributed by atoms with Gasteiger partial charge >= 0.3 is 0 Å². The van der Waals surface area contributed by atoms with Crippen LogP contribution in [0.5, 0.6) is 0 Å². The molecule has 0 spiro atoms. The molecule has 3 heteroatoms. The van der Waals surface area contributed by atoms with E-state index in [2.05, 4.69) is 33.0 Å². The van der Waals surface area contributed by atoms with Crippen LogP contribution in [-0.2, 0) is 0 Å². The minimum absolute atomic E-state index is 0.768. The van der Waals surface area contributed by atoms with Crippen LogP contribution in [0.3, 0.4) is 0 Å². The smallest absolute Gasteiger partial charge is 0.103 e. The molecule has 1 heterocycles. The van der Waals surface area contributed by atoms with Gasteiger partial charge in [0, 0.05) is 17.6 Å². The van der Waals surface area contributed by atoms with E-state index >= 15 is 0 Å². The lowest BCUT2D eigenvalue weighted by Crippen LogP contribution is -2.24. The number of nitrogens with zero attached hydrogens (tertiary/aromatic N) is 2. The van der Waals surface area contributed by atoms with Crippen LogP contribution in [0, 0.1) is 11.3 Å². The molecule has 1 aromatic carbocycles. The largest absolute Gasteiger partial charge is 0.370 e. The Kier molecular flexibility index (Phi) is 3.84. The van der Waals surface area contributed by atoms with Gasteiger partial charge in [0.2, 0.25) is 0 Å². The Balaban J connectivity index is 2.31. The van der Waals surface area contributed by atoms with E-state index in [1.807, 2.05) is 12.1 Å². The zero-order valence-electron chi connectivity index (χ0n) is 9.25. The number of anilines is 1. The second kappa shape index (κ2) is 5.36. The molecule has 0 unspecified atom stereocenters. The lowest BCUT2D eigenvalue weighted by Gasteiger charge is -2.24. The van der Waals surface area contributed by atoms with E-state index in [-0.39, 0.29) is 0 Å². The lowest BCUT2D eigenvalue weighted by atomic mass is 10.1. The third-order valence-corrected chi connectivity index (χ3v) is 3.71. The topological polar surface area (TPSA) is 27.0 Å². The molecule has 0 bridgehead atoms. The van der Waals surface area contributed by atoms with Gasteiger partial charge in [-0.3, -0.25) is 0 Å². The maximum absolute atomic E-state index is 9.19. The first-order valence-electron chi connectivity index (χ1n) is 5.76. The van der Waals surface area contributed by atoms with Crippen molar-refractivity contribution in [3.63, 3.8) is 0 Å². The molecule has 2 rings (SSSR count). The highest BCUT2D eigenvalue weighted by atomic mass is 79.9.